The minimum Gasteiger partial charge on any atom is -0.481 e. The monoisotopic (exact) mass is 386 g/mol. The molecule has 2 aliphatic carbocycles. The SMILES string of the molecule is CC(C)(C)OC(=O)NCC1(C(=O)O)CCCC1.NCC1(C(=O)O)CCCC1. The highest BCUT2D eigenvalue weighted by Gasteiger charge is 2.42. The summed E-state index contributed by atoms with van der Waals surface area (Å²) in [5.41, 5.74) is 3.47. The Morgan fingerprint density at radius 3 is 1.63 bits per heavy atom. The lowest BCUT2D eigenvalue weighted by Crippen LogP contribution is -2.43. The molecule has 2 saturated carbocycles. The topological polar surface area (TPSA) is 139 Å². The third kappa shape index (κ3) is 6.68. The number of hydrogen-bond donors (Lipinski definition) is 4. The number of nitrogens with one attached hydrogen (secondary N) is 1. The second-order valence-corrected chi connectivity index (χ2v) is 8.64. The molecule has 8 nitrogen and oxygen atoms in total. The van der Waals surface area contributed by atoms with Gasteiger partial charge in [0.2, 0.25) is 0 Å². The first-order valence-corrected chi connectivity index (χ1v) is 9.60. The van der Waals surface area contributed by atoms with Crippen LogP contribution in [-0.2, 0) is 14.3 Å². The van der Waals surface area contributed by atoms with Gasteiger partial charge < -0.3 is 26.0 Å². The first-order chi connectivity index (χ1) is 12.5. The third-order valence-corrected chi connectivity index (χ3v) is 5.39. The smallest absolute Gasteiger partial charge is 0.407 e. The van der Waals surface area contributed by atoms with Gasteiger partial charge in [-0.2, -0.15) is 0 Å². The quantitative estimate of drug-likeness (QED) is 0.569. The van der Waals surface area contributed by atoms with E-state index in [1.54, 1.807) is 20.8 Å². The van der Waals surface area contributed by atoms with Gasteiger partial charge in [0.15, 0.2) is 0 Å². The van der Waals surface area contributed by atoms with Gasteiger partial charge >= 0.3 is 18.0 Å². The zero-order valence-electron chi connectivity index (χ0n) is 16.7. The highest BCUT2D eigenvalue weighted by molar-refractivity contribution is 5.77. The predicted molar refractivity (Wildman–Crippen MR) is 100 cm³/mol. The van der Waals surface area contributed by atoms with Crippen molar-refractivity contribution in [2.45, 2.75) is 77.7 Å². The molecular weight excluding hydrogens is 352 g/mol. The van der Waals surface area contributed by atoms with Crippen LogP contribution in [0.4, 0.5) is 4.79 Å². The number of carboxylic acids is 2. The van der Waals surface area contributed by atoms with Crippen LogP contribution in [0.5, 0.6) is 0 Å². The Hall–Kier alpha value is -1.83. The van der Waals surface area contributed by atoms with Crippen molar-refractivity contribution in [3.63, 3.8) is 0 Å². The summed E-state index contributed by atoms with van der Waals surface area (Å²) in [6.45, 7) is 5.76. The Bertz CT molecular complexity index is 529. The Morgan fingerprint density at radius 2 is 1.33 bits per heavy atom. The van der Waals surface area contributed by atoms with E-state index in [0.29, 0.717) is 19.4 Å². The number of aliphatic carboxylic acids is 2. The molecular formula is C19H34N2O6. The summed E-state index contributed by atoms with van der Waals surface area (Å²) in [4.78, 5) is 33.4. The Balaban J connectivity index is 0.000000309. The minimum absolute atomic E-state index is 0.150. The molecule has 1 amide bonds. The van der Waals surface area contributed by atoms with Crippen molar-refractivity contribution in [2.24, 2.45) is 16.6 Å². The maximum Gasteiger partial charge on any atom is 0.407 e. The lowest BCUT2D eigenvalue weighted by Gasteiger charge is -2.25. The molecule has 0 bridgehead atoms. The zero-order chi connectivity index (χ0) is 20.7. The van der Waals surface area contributed by atoms with Crippen molar-refractivity contribution in [1.82, 2.24) is 5.32 Å². The van der Waals surface area contributed by atoms with Crippen molar-refractivity contribution in [2.75, 3.05) is 13.1 Å². The van der Waals surface area contributed by atoms with Crippen LogP contribution in [0.3, 0.4) is 0 Å². The molecule has 0 saturated heterocycles. The van der Waals surface area contributed by atoms with Gasteiger partial charge in [0, 0.05) is 13.1 Å². The third-order valence-electron chi connectivity index (χ3n) is 5.39. The average Bonchev–Trinajstić information content (AvgIpc) is 3.23. The first kappa shape index (κ1) is 23.2. The second kappa shape index (κ2) is 9.39. The normalized spacial score (nSPS) is 20.3. The van der Waals surface area contributed by atoms with Crippen molar-refractivity contribution < 1.29 is 29.3 Å². The summed E-state index contributed by atoms with van der Waals surface area (Å²) in [7, 11) is 0. The average molecular weight is 386 g/mol. The van der Waals surface area contributed by atoms with E-state index >= 15 is 0 Å². The number of rotatable bonds is 5. The molecule has 8 heteroatoms. The zero-order valence-corrected chi connectivity index (χ0v) is 16.7. The van der Waals surface area contributed by atoms with E-state index in [2.05, 4.69) is 5.32 Å². The molecule has 0 aromatic rings. The van der Waals surface area contributed by atoms with Crippen molar-refractivity contribution in [1.29, 1.82) is 0 Å². The van der Waals surface area contributed by atoms with Gasteiger partial charge in [-0.1, -0.05) is 25.7 Å². The molecule has 0 heterocycles. The van der Waals surface area contributed by atoms with Crippen molar-refractivity contribution >= 4 is 18.0 Å². The van der Waals surface area contributed by atoms with Crippen LogP contribution in [-0.4, -0.2) is 46.9 Å². The fourth-order valence-corrected chi connectivity index (χ4v) is 3.63. The second-order valence-electron chi connectivity index (χ2n) is 8.64. The molecule has 0 aliphatic heterocycles. The van der Waals surface area contributed by atoms with E-state index in [1.807, 2.05) is 0 Å². The lowest BCUT2D eigenvalue weighted by atomic mass is 9.86. The molecule has 2 aliphatic rings. The van der Waals surface area contributed by atoms with Gasteiger partial charge in [-0.3, -0.25) is 9.59 Å². The molecule has 2 rings (SSSR count). The predicted octanol–water partition coefficient (Wildman–Crippen LogP) is 2.75. The van der Waals surface area contributed by atoms with E-state index < -0.39 is 34.5 Å². The maximum absolute atomic E-state index is 11.5. The summed E-state index contributed by atoms with van der Waals surface area (Å²) in [6, 6.07) is 0. The number of amides is 1. The van der Waals surface area contributed by atoms with Crippen LogP contribution in [0.2, 0.25) is 0 Å². The van der Waals surface area contributed by atoms with Crippen LogP contribution < -0.4 is 11.1 Å². The molecule has 0 unspecified atom stereocenters. The summed E-state index contributed by atoms with van der Waals surface area (Å²) in [5, 5.41) is 20.6. The molecule has 0 atom stereocenters. The van der Waals surface area contributed by atoms with E-state index in [0.717, 1.165) is 38.5 Å². The number of nitrogens with two attached hydrogens (primary N) is 1. The summed E-state index contributed by atoms with van der Waals surface area (Å²) in [5.74, 6) is -1.54. The molecule has 0 aromatic carbocycles. The minimum atomic E-state index is -0.828. The molecule has 5 N–H and O–H groups in total. The van der Waals surface area contributed by atoms with Crippen molar-refractivity contribution in [3.05, 3.63) is 0 Å². The first-order valence-electron chi connectivity index (χ1n) is 9.60. The lowest BCUT2D eigenvalue weighted by molar-refractivity contribution is -0.149. The molecule has 27 heavy (non-hydrogen) atoms. The Morgan fingerprint density at radius 1 is 0.926 bits per heavy atom. The standard InChI is InChI=1S/C12H21NO4.C7H13NO2/c1-11(2,3)17-10(16)13-8-12(9(14)15)6-4-5-7-12;8-5-7(6(9)10)3-1-2-4-7/h4-8H2,1-3H3,(H,13,16)(H,14,15);1-5,8H2,(H,9,10). The van der Waals surface area contributed by atoms with Gasteiger partial charge in [-0.05, 0) is 46.5 Å². The fourth-order valence-electron chi connectivity index (χ4n) is 3.63. The van der Waals surface area contributed by atoms with E-state index in [9.17, 15) is 19.5 Å². The van der Waals surface area contributed by atoms with Crippen LogP contribution >= 0.6 is 0 Å². The Kier molecular flexibility index (Phi) is 8.07. The van der Waals surface area contributed by atoms with Gasteiger partial charge in [-0.15, -0.1) is 0 Å². The highest BCUT2D eigenvalue weighted by atomic mass is 16.6. The number of alkyl carbamates (subject to hydrolysis) is 1. The number of carbonyl (C=O) groups excluding carboxylic acids is 1. The fraction of sp³-hybridized carbons (Fsp3) is 0.842. The highest BCUT2D eigenvalue weighted by Crippen LogP contribution is 2.38. The van der Waals surface area contributed by atoms with Crippen LogP contribution in [0, 0.1) is 10.8 Å². The van der Waals surface area contributed by atoms with E-state index in [1.165, 1.54) is 0 Å². The molecule has 0 spiro atoms. The number of ether oxygens (including phenoxy) is 1. The van der Waals surface area contributed by atoms with Crippen LogP contribution in [0.1, 0.15) is 72.1 Å². The maximum atomic E-state index is 11.5. The van der Waals surface area contributed by atoms with Gasteiger partial charge in [-0.25, -0.2) is 4.79 Å². The van der Waals surface area contributed by atoms with E-state index in [-0.39, 0.29) is 6.54 Å². The van der Waals surface area contributed by atoms with Gasteiger partial charge in [0.1, 0.15) is 5.60 Å². The molecule has 0 aromatic heterocycles. The number of carboxylic acid groups (broad SMARTS) is 2. The largest absolute Gasteiger partial charge is 0.481 e. The molecule has 0 radical (unpaired) electrons. The van der Waals surface area contributed by atoms with Crippen molar-refractivity contribution in [3.8, 4) is 0 Å². The molecule has 2 fully saturated rings. The van der Waals surface area contributed by atoms with Crippen LogP contribution in [0.15, 0.2) is 0 Å². The molecule has 156 valence electrons. The number of carbonyl (C=O) groups is 3. The Labute approximate surface area is 160 Å². The summed E-state index contributed by atoms with van der Waals surface area (Å²) >= 11 is 0. The number of hydrogen-bond acceptors (Lipinski definition) is 5. The summed E-state index contributed by atoms with van der Waals surface area (Å²) < 4.78 is 5.08. The summed E-state index contributed by atoms with van der Waals surface area (Å²) in [6.07, 6.45) is 6.07. The van der Waals surface area contributed by atoms with Gasteiger partial charge in [0.05, 0.1) is 10.8 Å². The van der Waals surface area contributed by atoms with Gasteiger partial charge in [0.25, 0.3) is 0 Å². The van der Waals surface area contributed by atoms with Crippen LogP contribution in [0.25, 0.3) is 0 Å². The van der Waals surface area contributed by atoms with E-state index in [4.69, 9.17) is 15.6 Å².